The SMILES string of the molecule is CCOc1ccc(/C=C/C(=O)OCc2cc(C)no2)cc1OC. The van der Waals surface area contributed by atoms with Crippen molar-refractivity contribution in [2.45, 2.75) is 20.5 Å². The molecule has 0 aliphatic rings. The maximum Gasteiger partial charge on any atom is 0.331 e. The van der Waals surface area contributed by atoms with Gasteiger partial charge in [0, 0.05) is 12.1 Å². The highest BCUT2D eigenvalue weighted by molar-refractivity contribution is 5.87. The Balaban J connectivity index is 1.94. The van der Waals surface area contributed by atoms with Gasteiger partial charge in [-0.25, -0.2) is 4.79 Å². The van der Waals surface area contributed by atoms with E-state index in [0.717, 1.165) is 11.3 Å². The largest absolute Gasteiger partial charge is 0.493 e. The zero-order valence-electron chi connectivity index (χ0n) is 13.4. The fraction of sp³-hybridized carbons (Fsp3) is 0.294. The summed E-state index contributed by atoms with van der Waals surface area (Å²) in [5.41, 5.74) is 1.55. The molecule has 1 aromatic carbocycles. The highest BCUT2D eigenvalue weighted by Crippen LogP contribution is 2.28. The van der Waals surface area contributed by atoms with E-state index in [1.807, 2.05) is 13.0 Å². The maximum atomic E-state index is 11.7. The van der Waals surface area contributed by atoms with Gasteiger partial charge in [-0.3, -0.25) is 0 Å². The summed E-state index contributed by atoms with van der Waals surface area (Å²) in [7, 11) is 1.57. The number of carbonyl (C=O) groups is 1. The molecular weight excluding hydrogens is 298 g/mol. The van der Waals surface area contributed by atoms with Gasteiger partial charge in [0.15, 0.2) is 23.9 Å². The molecular formula is C17H19NO5. The minimum atomic E-state index is -0.466. The molecule has 23 heavy (non-hydrogen) atoms. The standard InChI is InChI=1S/C17H19NO5/c1-4-21-15-7-5-13(10-16(15)20-3)6-8-17(19)22-11-14-9-12(2)18-23-14/h5-10H,4,11H2,1-3H3/b8-6+. The molecule has 6 heteroatoms. The molecule has 0 amide bonds. The molecule has 0 unspecified atom stereocenters. The molecule has 0 spiro atoms. The molecule has 6 nitrogen and oxygen atoms in total. The number of hydrogen-bond donors (Lipinski definition) is 0. The summed E-state index contributed by atoms with van der Waals surface area (Å²) < 4.78 is 20.7. The molecule has 0 fully saturated rings. The molecule has 0 N–H and O–H groups in total. The van der Waals surface area contributed by atoms with Gasteiger partial charge in [-0.05, 0) is 37.6 Å². The third-order valence-corrected chi connectivity index (χ3v) is 2.93. The number of ether oxygens (including phenoxy) is 3. The Morgan fingerprint density at radius 3 is 2.78 bits per heavy atom. The van der Waals surface area contributed by atoms with Gasteiger partial charge < -0.3 is 18.7 Å². The summed E-state index contributed by atoms with van der Waals surface area (Å²) in [6, 6.07) is 7.13. The van der Waals surface area contributed by atoms with Crippen LogP contribution in [0.5, 0.6) is 11.5 Å². The van der Waals surface area contributed by atoms with Crippen LogP contribution in [-0.4, -0.2) is 24.8 Å². The van der Waals surface area contributed by atoms with E-state index < -0.39 is 5.97 Å². The quantitative estimate of drug-likeness (QED) is 0.577. The Morgan fingerprint density at radius 2 is 2.13 bits per heavy atom. The average molecular weight is 317 g/mol. The van der Waals surface area contributed by atoms with Gasteiger partial charge in [0.05, 0.1) is 19.4 Å². The van der Waals surface area contributed by atoms with E-state index in [4.69, 9.17) is 18.7 Å². The monoisotopic (exact) mass is 317 g/mol. The van der Waals surface area contributed by atoms with Crippen molar-refractivity contribution in [1.82, 2.24) is 5.16 Å². The number of benzene rings is 1. The summed E-state index contributed by atoms with van der Waals surface area (Å²) in [6.07, 6.45) is 2.99. The van der Waals surface area contributed by atoms with Crippen molar-refractivity contribution in [2.24, 2.45) is 0 Å². The van der Waals surface area contributed by atoms with Gasteiger partial charge in [-0.2, -0.15) is 0 Å². The van der Waals surface area contributed by atoms with Crippen LogP contribution < -0.4 is 9.47 Å². The summed E-state index contributed by atoms with van der Waals surface area (Å²) >= 11 is 0. The second-order valence-corrected chi connectivity index (χ2v) is 4.72. The third kappa shape index (κ3) is 4.88. The number of carbonyl (C=O) groups excluding carboxylic acids is 1. The summed E-state index contributed by atoms with van der Waals surface area (Å²) in [5, 5.41) is 3.72. The zero-order chi connectivity index (χ0) is 16.7. The number of hydrogen-bond acceptors (Lipinski definition) is 6. The summed E-state index contributed by atoms with van der Waals surface area (Å²) in [6.45, 7) is 4.31. The van der Waals surface area contributed by atoms with Crippen molar-refractivity contribution in [3.05, 3.63) is 47.4 Å². The van der Waals surface area contributed by atoms with Gasteiger partial charge in [-0.15, -0.1) is 0 Å². The maximum absolute atomic E-state index is 11.7. The van der Waals surface area contributed by atoms with Crippen LogP contribution in [0.2, 0.25) is 0 Å². The van der Waals surface area contributed by atoms with Crippen LogP contribution in [0.3, 0.4) is 0 Å². The molecule has 2 rings (SSSR count). The van der Waals surface area contributed by atoms with Crippen LogP contribution in [0, 0.1) is 6.92 Å². The fourth-order valence-electron chi connectivity index (χ4n) is 1.90. The molecule has 0 bridgehead atoms. The van der Waals surface area contributed by atoms with Crippen molar-refractivity contribution in [3.8, 4) is 11.5 Å². The highest BCUT2D eigenvalue weighted by Gasteiger charge is 2.06. The number of esters is 1. The normalized spacial score (nSPS) is 10.7. The van der Waals surface area contributed by atoms with E-state index in [1.165, 1.54) is 6.08 Å². The highest BCUT2D eigenvalue weighted by atomic mass is 16.5. The first kappa shape index (κ1) is 16.6. The third-order valence-electron chi connectivity index (χ3n) is 2.93. The molecule has 0 radical (unpaired) electrons. The second kappa shape index (κ2) is 8.03. The van der Waals surface area contributed by atoms with Crippen molar-refractivity contribution in [1.29, 1.82) is 0 Å². The summed E-state index contributed by atoms with van der Waals surface area (Å²) in [4.78, 5) is 11.7. The first-order chi connectivity index (χ1) is 11.1. The Labute approximate surface area is 134 Å². The minimum Gasteiger partial charge on any atom is -0.493 e. The van der Waals surface area contributed by atoms with Gasteiger partial charge in [0.1, 0.15) is 0 Å². The summed E-state index contributed by atoms with van der Waals surface area (Å²) in [5.74, 6) is 1.31. The lowest BCUT2D eigenvalue weighted by Gasteiger charge is -2.09. The lowest BCUT2D eigenvalue weighted by molar-refractivity contribution is -0.139. The fourth-order valence-corrected chi connectivity index (χ4v) is 1.90. The smallest absolute Gasteiger partial charge is 0.331 e. The second-order valence-electron chi connectivity index (χ2n) is 4.72. The van der Waals surface area contributed by atoms with Crippen molar-refractivity contribution in [3.63, 3.8) is 0 Å². The van der Waals surface area contributed by atoms with E-state index in [-0.39, 0.29) is 6.61 Å². The zero-order valence-corrected chi connectivity index (χ0v) is 13.4. The first-order valence-corrected chi connectivity index (χ1v) is 7.20. The van der Waals surface area contributed by atoms with Gasteiger partial charge in [-0.1, -0.05) is 11.2 Å². The predicted molar refractivity (Wildman–Crippen MR) is 84.2 cm³/mol. The van der Waals surface area contributed by atoms with Crippen molar-refractivity contribution >= 4 is 12.0 Å². The molecule has 122 valence electrons. The molecule has 2 aromatic rings. The molecule has 0 saturated heterocycles. The van der Waals surface area contributed by atoms with Gasteiger partial charge in [0.2, 0.25) is 0 Å². The van der Waals surface area contributed by atoms with Crippen LogP contribution in [0.4, 0.5) is 0 Å². The number of aryl methyl sites for hydroxylation is 1. The Kier molecular flexibility index (Phi) is 5.80. The molecule has 1 aromatic heterocycles. The van der Waals surface area contributed by atoms with Crippen molar-refractivity contribution in [2.75, 3.05) is 13.7 Å². The van der Waals surface area contributed by atoms with Crippen LogP contribution in [0.25, 0.3) is 6.08 Å². The van der Waals surface area contributed by atoms with Gasteiger partial charge >= 0.3 is 5.97 Å². The number of aromatic nitrogens is 1. The Bertz CT molecular complexity index is 690. The molecule has 0 aliphatic heterocycles. The molecule has 0 saturated carbocycles. The Morgan fingerprint density at radius 1 is 1.30 bits per heavy atom. The number of rotatable bonds is 7. The van der Waals surface area contributed by atoms with Crippen LogP contribution in [0.1, 0.15) is 23.9 Å². The van der Waals surface area contributed by atoms with Crippen LogP contribution >= 0.6 is 0 Å². The lowest BCUT2D eigenvalue weighted by atomic mass is 10.2. The number of nitrogens with zero attached hydrogens (tertiary/aromatic N) is 1. The molecule has 1 heterocycles. The van der Waals surface area contributed by atoms with E-state index in [0.29, 0.717) is 23.9 Å². The minimum absolute atomic E-state index is 0.0522. The average Bonchev–Trinajstić information content (AvgIpc) is 2.97. The number of methoxy groups -OCH3 is 1. The Hall–Kier alpha value is -2.76. The molecule has 0 aliphatic carbocycles. The van der Waals surface area contributed by atoms with Crippen molar-refractivity contribution < 1.29 is 23.5 Å². The van der Waals surface area contributed by atoms with E-state index in [1.54, 1.807) is 38.3 Å². The van der Waals surface area contributed by atoms with E-state index >= 15 is 0 Å². The first-order valence-electron chi connectivity index (χ1n) is 7.20. The van der Waals surface area contributed by atoms with Crippen LogP contribution in [0.15, 0.2) is 34.9 Å². The van der Waals surface area contributed by atoms with Gasteiger partial charge in [0.25, 0.3) is 0 Å². The van der Waals surface area contributed by atoms with Crippen LogP contribution in [-0.2, 0) is 16.1 Å². The predicted octanol–water partition coefficient (Wildman–Crippen LogP) is 3.15. The lowest BCUT2D eigenvalue weighted by Crippen LogP contribution is -2.00. The molecule has 0 atom stereocenters. The van der Waals surface area contributed by atoms with E-state index in [9.17, 15) is 4.79 Å². The topological polar surface area (TPSA) is 70.8 Å². The van der Waals surface area contributed by atoms with E-state index in [2.05, 4.69) is 5.16 Å².